The molecule has 0 bridgehead atoms. The topological polar surface area (TPSA) is 45.2 Å². The second-order valence-corrected chi connectivity index (χ2v) is 5.55. The summed E-state index contributed by atoms with van der Waals surface area (Å²) >= 11 is 1.75. The number of hydrogen-bond donors (Lipinski definition) is 2. The Morgan fingerprint density at radius 2 is 2.20 bits per heavy atom. The summed E-state index contributed by atoms with van der Waals surface area (Å²) < 4.78 is 0. The fourth-order valence-electron chi connectivity index (χ4n) is 2.01. The highest BCUT2D eigenvalue weighted by Crippen LogP contribution is 2.19. The van der Waals surface area contributed by atoms with E-state index in [0.29, 0.717) is 6.04 Å². The first-order valence-corrected chi connectivity index (χ1v) is 6.38. The van der Waals surface area contributed by atoms with Crippen LogP contribution in [-0.4, -0.2) is 22.2 Å². The number of aromatic nitrogens is 1. The van der Waals surface area contributed by atoms with Gasteiger partial charge >= 0.3 is 0 Å². The molecule has 0 saturated heterocycles. The van der Waals surface area contributed by atoms with Gasteiger partial charge in [-0.3, -0.25) is 0 Å². The van der Waals surface area contributed by atoms with E-state index in [9.17, 15) is 5.11 Å². The Balaban J connectivity index is 1.74. The normalized spacial score (nSPS) is 26.8. The number of aliphatic hydroxyl groups excluding tert-OH is 1. The van der Waals surface area contributed by atoms with E-state index >= 15 is 0 Å². The van der Waals surface area contributed by atoms with Gasteiger partial charge in [0.25, 0.3) is 0 Å². The Labute approximate surface area is 94.5 Å². The van der Waals surface area contributed by atoms with Gasteiger partial charge in [0.15, 0.2) is 0 Å². The van der Waals surface area contributed by atoms with Crippen LogP contribution < -0.4 is 5.32 Å². The van der Waals surface area contributed by atoms with Gasteiger partial charge in [-0.25, -0.2) is 4.98 Å². The minimum absolute atomic E-state index is 0.0614. The lowest BCUT2D eigenvalue weighted by Crippen LogP contribution is -2.33. The summed E-state index contributed by atoms with van der Waals surface area (Å²) in [5.41, 5.74) is 0. The molecule has 4 heteroatoms. The monoisotopic (exact) mass is 226 g/mol. The van der Waals surface area contributed by atoms with Gasteiger partial charge in [-0.05, 0) is 32.6 Å². The van der Waals surface area contributed by atoms with Crippen molar-refractivity contribution < 1.29 is 5.11 Å². The molecular weight excluding hydrogens is 208 g/mol. The second kappa shape index (κ2) is 5.05. The average molecular weight is 226 g/mol. The SMILES string of the molecule is Cc1ncc(CNC2CCC(O)CC2)s1. The number of thiazole rings is 1. The molecule has 0 aliphatic heterocycles. The Kier molecular flexibility index (Phi) is 3.72. The summed E-state index contributed by atoms with van der Waals surface area (Å²) in [6.07, 6.45) is 5.97. The highest BCUT2D eigenvalue weighted by Gasteiger charge is 2.18. The Hall–Kier alpha value is -0.450. The van der Waals surface area contributed by atoms with E-state index in [1.807, 2.05) is 13.1 Å². The molecule has 15 heavy (non-hydrogen) atoms. The quantitative estimate of drug-likeness (QED) is 0.826. The van der Waals surface area contributed by atoms with Crippen LogP contribution in [0.1, 0.15) is 35.6 Å². The number of rotatable bonds is 3. The predicted octanol–water partition coefficient (Wildman–Crippen LogP) is 1.84. The third kappa shape index (κ3) is 3.26. The van der Waals surface area contributed by atoms with Crippen LogP contribution in [0.25, 0.3) is 0 Å². The lowest BCUT2D eigenvalue weighted by Gasteiger charge is -2.25. The first kappa shape index (κ1) is 11.0. The van der Waals surface area contributed by atoms with E-state index in [-0.39, 0.29) is 6.10 Å². The van der Waals surface area contributed by atoms with Crippen molar-refractivity contribution in [3.05, 3.63) is 16.1 Å². The van der Waals surface area contributed by atoms with Gasteiger partial charge in [0.2, 0.25) is 0 Å². The zero-order valence-corrected chi connectivity index (χ0v) is 9.89. The third-order valence-electron chi connectivity index (χ3n) is 2.93. The number of hydrogen-bond acceptors (Lipinski definition) is 4. The smallest absolute Gasteiger partial charge is 0.0897 e. The molecule has 0 atom stereocenters. The minimum atomic E-state index is -0.0614. The molecule has 0 spiro atoms. The molecule has 1 fully saturated rings. The van der Waals surface area contributed by atoms with E-state index in [4.69, 9.17) is 0 Å². The molecule has 2 rings (SSSR count). The zero-order valence-electron chi connectivity index (χ0n) is 9.07. The molecule has 0 radical (unpaired) electrons. The van der Waals surface area contributed by atoms with Crippen molar-refractivity contribution in [2.24, 2.45) is 0 Å². The molecule has 2 N–H and O–H groups in total. The molecule has 0 unspecified atom stereocenters. The van der Waals surface area contributed by atoms with Crippen molar-refractivity contribution in [2.75, 3.05) is 0 Å². The van der Waals surface area contributed by atoms with E-state index in [1.165, 1.54) is 4.88 Å². The minimum Gasteiger partial charge on any atom is -0.393 e. The van der Waals surface area contributed by atoms with E-state index in [0.717, 1.165) is 37.2 Å². The maximum absolute atomic E-state index is 9.38. The van der Waals surface area contributed by atoms with Crippen molar-refractivity contribution >= 4 is 11.3 Å². The second-order valence-electron chi connectivity index (χ2n) is 4.23. The zero-order chi connectivity index (χ0) is 10.7. The fourth-order valence-corrected chi connectivity index (χ4v) is 2.76. The summed E-state index contributed by atoms with van der Waals surface area (Å²) in [6, 6.07) is 0.579. The predicted molar refractivity (Wildman–Crippen MR) is 62.0 cm³/mol. The van der Waals surface area contributed by atoms with Gasteiger partial charge in [-0.15, -0.1) is 11.3 Å². The Bertz CT molecular complexity index is 305. The van der Waals surface area contributed by atoms with Crippen LogP contribution in [0.2, 0.25) is 0 Å². The molecule has 3 nitrogen and oxygen atoms in total. The van der Waals surface area contributed by atoms with E-state index < -0.39 is 0 Å². The van der Waals surface area contributed by atoms with Gasteiger partial charge in [0.05, 0.1) is 11.1 Å². The fraction of sp³-hybridized carbons (Fsp3) is 0.727. The van der Waals surface area contributed by atoms with Gasteiger partial charge in [0, 0.05) is 23.7 Å². The molecule has 1 aromatic heterocycles. The van der Waals surface area contributed by atoms with Crippen LogP contribution in [0.4, 0.5) is 0 Å². The van der Waals surface area contributed by atoms with Gasteiger partial charge in [-0.2, -0.15) is 0 Å². The summed E-state index contributed by atoms with van der Waals surface area (Å²) in [5, 5.41) is 14.0. The molecule has 1 heterocycles. The molecular formula is C11H18N2OS. The highest BCUT2D eigenvalue weighted by atomic mass is 32.1. The van der Waals surface area contributed by atoms with E-state index in [2.05, 4.69) is 10.3 Å². The Morgan fingerprint density at radius 3 is 2.80 bits per heavy atom. The van der Waals surface area contributed by atoms with Crippen LogP contribution in [0.15, 0.2) is 6.20 Å². The standard InChI is InChI=1S/C11H18N2OS/c1-8-12-6-11(15-8)7-13-9-2-4-10(14)5-3-9/h6,9-10,13-14H,2-5,7H2,1H3. The van der Waals surface area contributed by atoms with E-state index in [1.54, 1.807) is 11.3 Å². The van der Waals surface area contributed by atoms with Crippen molar-refractivity contribution in [1.29, 1.82) is 0 Å². The largest absolute Gasteiger partial charge is 0.393 e. The maximum atomic E-state index is 9.38. The lowest BCUT2D eigenvalue weighted by molar-refractivity contribution is 0.116. The number of aryl methyl sites for hydroxylation is 1. The molecule has 0 amide bonds. The van der Waals surface area contributed by atoms with Crippen LogP contribution in [0, 0.1) is 6.92 Å². The first-order valence-electron chi connectivity index (χ1n) is 5.57. The van der Waals surface area contributed by atoms with Gasteiger partial charge < -0.3 is 10.4 Å². The van der Waals surface area contributed by atoms with Crippen molar-refractivity contribution in [3.63, 3.8) is 0 Å². The lowest BCUT2D eigenvalue weighted by atomic mass is 9.93. The summed E-state index contributed by atoms with van der Waals surface area (Å²) in [5.74, 6) is 0. The van der Waals surface area contributed by atoms with Crippen LogP contribution >= 0.6 is 11.3 Å². The maximum Gasteiger partial charge on any atom is 0.0897 e. The molecule has 1 aliphatic rings. The molecule has 1 saturated carbocycles. The van der Waals surface area contributed by atoms with Gasteiger partial charge in [-0.1, -0.05) is 0 Å². The summed E-state index contributed by atoms with van der Waals surface area (Å²) in [6.45, 7) is 2.96. The number of nitrogens with one attached hydrogen (secondary N) is 1. The number of nitrogens with zero attached hydrogens (tertiary/aromatic N) is 1. The molecule has 0 aromatic carbocycles. The number of aliphatic hydroxyl groups is 1. The first-order chi connectivity index (χ1) is 7.24. The Morgan fingerprint density at radius 1 is 1.47 bits per heavy atom. The van der Waals surface area contributed by atoms with Crippen molar-refractivity contribution in [2.45, 2.75) is 51.3 Å². The summed E-state index contributed by atoms with van der Waals surface area (Å²) in [7, 11) is 0. The third-order valence-corrected chi connectivity index (χ3v) is 3.84. The van der Waals surface area contributed by atoms with Crippen molar-refractivity contribution in [1.82, 2.24) is 10.3 Å². The van der Waals surface area contributed by atoms with Crippen LogP contribution in [0.3, 0.4) is 0 Å². The summed E-state index contributed by atoms with van der Waals surface area (Å²) in [4.78, 5) is 5.54. The van der Waals surface area contributed by atoms with Crippen LogP contribution in [-0.2, 0) is 6.54 Å². The van der Waals surface area contributed by atoms with Crippen molar-refractivity contribution in [3.8, 4) is 0 Å². The highest BCUT2D eigenvalue weighted by molar-refractivity contribution is 7.11. The average Bonchev–Trinajstić information content (AvgIpc) is 2.64. The molecule has 1 aromatic rings. The molecule has 1 aliphatic carbocycles. The van der Waals surface area contributed by atoms with Gasteiger partial charge in [0.1, 0.15) is 0 Å². The van der Waals surface area contributed by atoms with Crippen LogP contribution in [0.5, 0.6) is 0 Å². The molecule has 84 valence electrons.